The van der Waals surface area contributed by atoms with Crippen molar-refractivity contribution in [2.45, 2.75) is 17.7 Å². The number of benzene rings is 1. The summed E-state index contributed by atoms with van der Waals surface area (Å²) in [5.74, 6) is 0.246. The van der Waals surface area contributed by atoms with Crippen molar-refractivity contribution < 1.29 is 13.2 Å². The van der Waals surface area contributed by atoms with Gasteiger partial charge in [-0.25, -0.2) is 8.42 Å². The lowest BCUT2D eigenvalue weighted by Crippen LogP contribution is -2.39. The molecule has 1 amide bonds. The SMILES string of the molecule is CN(C)[C@@H]1CS(=O)(=O)[C@H]2CN(C(=O)Cc3cn(C)c4ccccc34)C[C@@H]12. The maximum Gasteiger partial charge on any atom is 0.227 e. The Morgan fingerprint density at radius 3 is 2.69 bits per heavy atom. The summed E-state index contributed by atoms with van der Waals surface area (Å²) in [5.41, 5.74) is 2.10. The first-order valence-corrected chi connectivity index (χ1v) is 10.7. The molecule has 0 spiro atoms. The van der Waals surface area contributed by atoms with Gasteiger partial charge in [0.1, 0.15) is 0 Å². The van der Waals surface area contributed by atoms with Crippen LogP contribution >= 0.6 is 0 Å². The Kier molecular flexibility index (Phi) is 4.11. The summed E-state index contributed by atoms with van der Waals surface area (Å²) in [7, 11) is 2.69. The number of hydrogen-bond donors (Lipinski definition) is 0. The number of aromatic nitrogens is 1. The van der Waals surface area contributed by atoms with Crippen LogP contribution in [0.1, 0.15) is 5.56 Å². The van der Waals surface area contributed by atoms with Gasteiger partial charge in [0.25, 0.3) is 0 Å². The van der Waals surface area contributed by atoms with E-state index in [1.807, 2.05) is 61.1 Å². The highest BCUT2D eigenvalue weighted by molar-refractivity contribution is 7.92. The summed E-state index contributed by atoms with van der Waals surface area (Å²) in [4.78, 5) is 16.6. The Bertz CT molecular complexity index is 964. The van der Waals surface area contributed by atoms with Gasteiger partial charge in [0, 0.05) is 49.2 Å². The van der Waals surface area contributed by atoms with Crippen LogP contribution in [-0.2, 0) is 28.1 Å². The smallest absolute Gasteiger partial charge is 0.227 e. The molecule has 2 fully saturated rings. The van der Waals surface area contributed by atoms with E-state index in [1.54, 1.807) is 4.90 Å². The fourth-order valence-corrected chi connectivity index (χ4v) is 7.09. The van der Waals surface area contributed by atoms with Gasteiger partial charge in [-0.2, -0.15) is 0 Å². The van der Waals surface area contributed by atoms with Crippen molar-refractivity contribution in [3.63, 3.8) is 0 Å². The molecule has 3 atom stereocenters. The number of para-hydroxylation sites is 1. The van der Waals surface area contributed by atoms with Crippen LogP contribution in [0, 0.1) is 5.92 Å². The number of sulfone groups is 1. The second-order valence-corrected chi connectivity index (χ2v) is 10.1. The third-order valence-electron chi connectivity index (χ3n) is 6.00. The fourth-order valence-electron chi connectivity index (χ4n) is 4.61. The van der Waals surface area contributed by atoms with Gasteiger partial charge in [-0.3, -0.25) is 4.79 Å². The largest absolute Gasteiger partial charge is 0.350 e. The number of aryl methyl sites for hydroxylation is 1. The molecule has 1 aromatic heterocycles. The quantitative estimate of drug-likeness (QED) is 0.800. The lowest BCUT2D eigenvalue weighted by molar-refractivity contribution is -0.129. The molecule has 0 saturated carbocycles. The van der Waals surface area contributed by atoms with Crippen molar-refractivity contribution >= 4 is 26.6 Å². The van der Waals surface area contributed by atoms with E-state index < -0.39 is 15.1 Å². The van der Waals surface area contributed by atoms with E-state index in [2.05, 4.69) is 0 Å². The van der Waals surface area contributed by atoms with Crippen LogP contribution in [0.3, 0.4) is 0 Å². The molecule has 4 rings (SSSR count). The monoisotopic (exact) mass is 375 g/mol. The molecule has 0 aliphatic carbocycles. The number of hydrogen-bond acceptors (Lipinski definition) is 4. The van der Waals surface area contributed by atoms with Crippen LogP contribution in [0.15, 0.2) is 30.5 Å². The highest BCUT2D eigenvalue weighted by atomic mass is 32.2. The van der Waals surface area contributed by atoms with Crippen molar-refractivity contribution in [3.8, 4) is 0 Å². The van der Waals surface area contributed by atoms with Gasteiger partial charge in [-0.1, -0.05) is 18.2 Å². The Balaban J connectivity index is 1.55. The predicted molar refractivity (Wildman–Crippen MR) is 102 cm³/mol. The molecule has 140 valence electrons. The van der Waals surface area contributed by atoms with E-state index in [-0.39, 0.29) is 23.6 Å². The predicted octanol–water partition coefficient (Wildman–Crippen LogP) is 0.906. The second kappa shape index (κ2) is 6.09. The van der Waals surface area contributed by atoms with Gasteiger partial charge in [0.15, 0.2) is 9.84 Å². The average Bonchev–Trinajstić information content (AvgIpc) is 3.22. The maximum atomic E-state index is 12.9. The molecule has 2 aromatic rings. The maximum absolute atomic E-state index is 12.9. The second-order valence-electron chi connectivity index (χ2n) is 7.82. The summed E-state index contributed by atoms with van der Waals surface area (Å²) in [5, 5.41) is 0.674. The van der Waals surface area contributed by atoms with E-state index in [1.165, 1.54) is 0 Å². The third kappa shape index (κ3) is 2.74. The van der Waals surface area contributed by atoms with Crippen LogP contribution in [-0.4, -0.2) is 72.9 Å². The molecule has 0 unspecified atom stereocenters. The Morgan fingerprint density at radius 2 is 1.96 bits per heavy atom. The van der Waals surface area contributed by atoms with Gasteiger partial charge < -0.3 is 14.4 Å². The van der Waals surface area contributed by atoms with E-state index in [9.17, 15) is 13.2 Å². The number of carbonyl (C=O) groups excluding carboxylic acids is 1. The molecule has 3 heterocycles. The summed E-state index contributed by atoms with van der Waals surface area (Å²) in [6.45, 7) is 0.872. The Morgan fingerprint density at radius 1 is 1.23 bits per heavy atom. The highest BCUT2D eigenvalue weighted by Crippen LogP contribution is 2.36. The lowest BCUT2D eigenvalue weighted by atomic mass is 10.00. The highest BCUT2D eigenvalue weighted by Gasteiger charge is 2.53. The van der Waals surface area contributed by atoms with Crippen molar-refractivity contribution in [3.05, 3.63) is 36.0 Å². The summed E-state index contributed by atoms with van der Waals surface area (Å²) >= 11 is 0. The molecule has 0 radical (unpaired) electrons. The van der Waals surface area contributed by atoms with E-state index in [4.69, 9.17) is 0 Å². The Labute approximate surface area is 154 Å². The summed E-state index contributed by atoms with van der Waals surface area (Å²) in [6, 6.07) is 8.04. The van der Waals surface area contributed by atoms with Gasteiger partial charge in [-0.05, 0) is 25.7 Å². The average molecular weight is 375 g/mol. The molecular weight excluding hydrogens is 350 g/mol. The number of likely N-dealkylation sites (tertiary alicyclic amines) is 1. The minimum absolute atomic E-state index is 0.000329. The minimum atomic E-state index is -3.13. The standard InChI is InChI=1S/C19H25N3O3S/c1-20(2)17-12-26(24,25)18-11-22(10-15(17)18)19(23)8-13-9-21(3)16-7-5-4-6-14(13)16/h4-7,9,15,17-18H,8,10-12H2,1-3H3/t15-,17+,18-/m0/s1. The molecule has 2 saturated heterocycles. The van der Waals surface area contributed by atoms with Crippen molar-refractivity contribution in [2.75, 3.05) is 32.9 Å². The molecule has 0 bridgehead atoms. The van der Waals surface area contributed by atoms with Crippen molar-refractivity contribution in [2.24, 2.45) is 13.0 Å². The number of fused-ring (bicyclic) bond motifs is 2. The summed E-state index contributed by atoms with van der Waals surface area (Å²) in [6.07, 6.45) is 2.31. The minimum Gasteiger partial charge on any atom is -0.350 e. The first-order valence-electron chi connectivity index (χ1n) is 8.96. The van der Waals surface area contributed by atoms with Crippen LogP contribution < -0.4 is 0 Å². The van der Waals surface area contributed by atoms with Crippen LogP contribution in [0.2, 0.25) is 0 Å². The molecule has 1 aromatic carbocycles. The zero-order valence-corrected chi connectivity index (χ0v) is 16.2. The molecular formula is C19H25N3O3S. The van der Waals surface area contributed by atoms with Gasteiger partial charge in [0.05, 0.1) is 17.4 Å². The fraction of sp³-hybridized carbons (Fsp3) is 0.526. The normalized spacial score (nSPS) is 27.4. The molecule has 7 heteroatoms. The van der Waals surface area contributed by atoms with Gasteiger partial charge in [0.2, 0.25) is 5.91 Å². The van der Waals surface area contributed by atoms with Gasteiger partial charge >= 0.3 is 0 Å². The topological polar surface area (TPSA) is 62.6 Å². The van der Waals surface area contributed by atoms with Crippen molar-refractivity contribution in [1.29, 1.82) is 0 Å². The number of nitrogens with zero attached hydrogens (tertiary/aromatic N) is 3. The van der Waals surface area contributed by atoms with Crippen LogP contribution in [0.4, 0.5) is 0 Å². The molecule has 26 heavy (non-hydrogen) atoms. The number of rotatable bonds is 3. The lowest BCUT2D eigenvalue weighted by Gasteiger charge is -2.25. The van der Waals surface area contributed by atoms with E-state index in [0.717, 1.165) is 16.5 Å². The zero-order chi connectivity index (χ0) is 18.6. The van der Waals surface area contributed by atoms with E-state index >= 15 is 0 Å². The first-order chi connectivity index (χ1) is 12.3. The molecule has 2 aliphatic rings. The number of amides is 1. The van der Waals surface area contributed by atoms with Gasteiger partial charge in [-0.15, -0.1) is 0 Å². The molecule has 2 aliphatic heterocycles. The van der Waals surface area contributed by atoms with Crippen molar-refractivity contribution in [1.82, 2.24) is 14.4 Å². The van der Waals surface area contributed by atoms with E-state index in [0.29, 0.717) is 19.5 Å². The summed E-state index contributed by atoms with van der Waals surface area (Å²) < 4.78 is 27.0. The Hall–Kier alpha value is -1.86. The zero-order valence-electron chi connectivity index (χ0n) is 15.4. The number of carbonyl (C=O) groups is 1. The first kappa shape index (κ1) is 17.5. The third-order valence-corrected chi connectivity index (χ3v) is 8.23. The van der Waals surface area contributed by atoms with Crippen LogP contribution in [0.25, 0.3) is 10.9 Å². The van der Waals surface area contributed by atoms with Crippen LogP contribution in [0.5, 0.6) is 0 Å². The molecule has 6 nitrogen and oxygen atoms in total. The molecule has 0 N–H and O–H groups in total.